The smallest absolute Gasteiger partial charge is 0.333 e. The van der Waals surface area contributed by atoms with Gasteiger partial charge in [-0.25, -0.2) is 4.79 Å². The zero-order valence-electron chi connectivity index (χ0n) is 10.4. The first-order chi connectivity index (χ1) is 9.08. The molecule has 0 aliphatic carbocycles. The molecule has 0 aliphatic heterocycles. The van der Waals surface area contributed by atoms with Crippen molar-refractivity contribution in [2.45, 2.75) is 6.92 Å². The third kappa shape index (κ3) is 2.13. The van der Waals surface area contributed by atoms with E-state index in [1.54, 1.807) is 31.2 Å². The largest absolute Gasteiger partial charge is 0.495 e. The molecule has 0 radical (unpaired) electrons. The van der Waals surface area contributed by atoms with Gasteiger partial charge in [-0.3, -0.25) is 14.3 Å². The van der Waals surface area contributed by atoms with Gasteiger partial charge in [0.05, 0.1) is 12.8 Å². The van der Waals surface area contributed by atoms with Crippen molar-refractivity contribution in [3.05, 3.63) is 56.4 Å². The highest BCUT2D eigenvalue weighted by Gasteiger charge is 2.12. The van der Waals surface area contributed by atoms with Crippen molar-refractivity contribution in [3.63, 3.8) is 0 Å². The predicted molar refractivity (Wildman–Crippen MR) is 68.7 cm³/mol. The number of H-pyrrole nitrogens is 1. The van der Waals surface area contributed by atoms with Gasteiger partial charge in [-0.1, -0.05) is 12.1 Å². The average molecular weight is 257 g/mol. The lowest BCUT2D eigenvalue weighted by Gasteiger charge is -2.13. The van der Waals surface area contributed by atoms with Crippen LogP contribution in [0.2, 0.25) is 0 Å². The molecule has 0 saturated carbocycles. The lowest BCUT2D eigenvalue weighted by molar-refractivity contribution is 0.412. The van der Waals surface area contributed by atoms with Crippen LogP contribution in [0.4, 0.5) is 0 Å². The van der Waals surface area contributed by atoms with Crippen LogP contribution in [0.3, 0.4) is 0 Å². The van der Waals surface area contributed by atoms with Crippen molar-refractivity contribution in [3.8, 4) is 17.5 Å². The molecule has 6 heteroatoms. The Balaban J connectivity index is 2.84. The van der Waals surface area contributed by atoms with Crippen LogP contribution in [0.1, 0.15) is 11.1 Å². The van der Waals surface area contributed by atoms with Crippen LogP contribution in [0.15, 0.2) is 34.0 Å². The van der Waals surface area contributed by atoms with Crippen molar-refractivity contribution < 1.29 is 4.74 Å². The molecule has 0 saturated heterocycles. The number of methoxy groups -OCH3 is 1. The topological polar surface area (TPSA) is 87.9 Å². The van der Waals surface area contributed by atoms with Gasteiger partial charge >= 0.3 is 5.69 Å². The maximum Gasteiger partial charge on any atom is 0.333 e. The van der Waals surface area contributed by atoms with Gasteiger partial charge in [0.1, 0.15) is 17.4 Å². The van der Waals surface area contributed by atoms with Gasteiger partial charge in [-0.2, -0.15) is 5.26 Å². The number of benzene rings is 1. The van der Waals surface area contributed by atoms with Crippen LogP contribution >= 0.6 is 0 Å². The van der Waals surface area contributed by atoms with Crippen LogP contribution in [0, 0.1) is 18.3 Å². The molecular formula is C13H11N3O3. The van der Waals surface area contributed by atoms with Crippen LogP contribution in [-0.2, 0) is 0 Å². The molecule has 1 N–H and O–H groups in total. The molecule has 96 valence electrons. The van der Waals surface area contributed by atoms with E-state index < -0.39 is 11.2 Å². The van der Waals surface area contributed by atoms with E-state index >= 15 is 0 Å². The van der Waals surface area contributed by atoms with Gasteiger partial charge in [-0.15, -0.1) is 0 Å². The lowest BCUT2D eigenvalue weighted by atomic mass is 10.2. The highest BCUT2D eigenvalue weighted by Crippen LogP contribution is 2.24. The monoisotopic (exact) mass is 257 g/mol. The number of hydrogen-bond acceptors (Lipinski definition) is 4. The number of aromatic nitrogens is 2. The van der Waals surface area contributed by atoms with E-state index in [2.05, 4.69) is 4.98 Å². The second-order valence-corrected chi connectivity index (χ2v) is 3.91. The average Bonchev–Trinajstić information content (AvgIpc) is 2.39. The summed E-state index contributed by atoms with van der Waals surface area (Å²) in [6.45, 7) is 1.81. The molecule has 19 heavy (non-hydrogen) atoms. The predicted octanol–water partition coefficient (Wildman–Crippen LogP) is 0.714. The van der Waals surface area contributed by atoms with Gasteiger partial charge < -0.3 is 4.74 Å². The van der Waals surface area contributed by atoms with E-state index in [-0.39, 0.29) is 5.56 Å². The third-order valence-corrected chi connectivity index (χ3v) is 2.72. The molecule has 1 heterocycles. The molecule has 0 spiro atoms. The quantitative estimate of drug-likeness (QED) is 0.858. The van der Waals surface area contributed by atoms with Gasteiger partial charge in [0.2, 0.25) is 0 Å². The highest BCUT2D eigenvalue weighted by atomic mass is 16.5. The Morgan fingerprint density at radius 3 is 2.74 bits per heavy atom. The second kappa shape index (κ2) is 4.82. The summed E-state index contributed by atoms with van der Waals surface area (Å²) in [5, 5.41) is 8.86. The Bertz CT molecular complexity index is 781. The van der Waals surface area contributed by atoms with Crippen LogP contribution in [0.25, 0.3) is 5.69 Å². The standard InChI is InChI=1S/C13H11N3O3/c1-8-4-3-5-10(19-2)11(8)16-7-9(6-14)12(17)15-13(16)18/h3-5,7H,1-2H3,(H,15,17,18). The number of nitrogens with zero attached hydrogens (tertiary/aromatic N) is 2. The highest BCUT2D eigenvalue weighted by molar-refractivity contribution is 5.52. The Kier molecular flexibility index (Phi) is 3.21. The van der Waals surface area contributed by atoms with Crippen molar-refractivity contribution in [2.75, 3.05) is 7.11 Å². The first-order valence-electron chi connectivity index (χ1n) is 5.48. The van der Waals surface area contributed by atoms with Crippen molar-refractivity contribution in [1.29, 1.82) is 5.26 Å². The molecule has 6 nitrogen and oxygen atoms in total. The first kappa shape index (κ1) is 12.6. The fourth-order valence-electron chi connectivity index (χ4n) is 1.82. The molecule has 1 aromatic heterocycles. The first-order valence-corrected chi connectivity index (χ1v) is 5.48. The van der Waals surface area contributed by atoms with Crippen LogP contribution in [0.5, 0.6) is 5.75 Å². The van der Waals surface area contributed by atoms with Gasteiger partial charge in [0, 0.05) is 6.20 Å². The Morgan fingerprint density at radius 1 is 1.37 bits per heavy atom. The van der Waals surface area contributed by atoms with Crippen molar-refractivity contribution >= 4 is 0 Å². The molecule has 2 aromatic rings. The number of rotatable bonds is 2. The number of ether oxygens (including phenoxy) is 1. The summed E-state index contributed by atoms with van der Waals surface area (Å²) in [7, 11) is 1.49. The fourth-order valence-corrected chi connectivity index (χ4v) is 1.82. The van der Waals surface area contributed by atoms with Crippen LogP contribution < -0.4 is 16.0 Å². The minimum atomic E-state index is -0.698. The van der Waals surface area contributed by atoms with Gasteiger partial charge in [0.25, 0.3) is 5.56 Å². The van der Waals surface area contributed by atoms with Gasteiger partial charge in [0.15, 0.2) is 0 Å². The maximum atomic E-state index is 11.9. The summed E-state index contributed by atoms with van der Waals surface area (Å²) in [5.74, 6) is 0.484. The minimum Gasteiger partial charge on any atom is -0.495 e. The Labute approximate surface area is 108 Å². The van der Waals surface area contributed by atoms with E-state index in [1.807, 2.05) is 0 Å². The summed E-state index contributed by atoms with van der Waals surface area (Å²) in [6, 6.07) is 7.04. The minimum absolute atomic E-state index is 0.134. The molecule has 0 aliphatic rings. The molecule has 0 atom stereocenters. The molecule has 0 fully saturated rings. The summed E-state index contributed by atoms with van der Waals surface area (Å²) in [5.41, 5.74) is -0.155. The number of para-hydroxylation sites is 1. The van der Waals surface area contributed by atoms with Crippen LogP contribution in [-0.4, -0.2) is 16.7 Å². The molecule has 2 rings (SSSR count). The zero-order valence-corrected chi connectivity index (χ0v) is 10.4. The number of nitriles is 1. The zero-order chi connectivity index (χ0) is 14.0. The van der Waals surface area contributed by atoms with Crippen molar-refractivity contribution in [2.24, 2.45) is 0 Å². The maximum absolute atomic E-state index is 11.9. The summed E-state index contributed by atoms with van der Waals surface area (Å²) in [4.78, 5) is 25.4. The number of nitrogens with one attached hydrogen (secondary N) is 1. The fraction of sp³-hybridized carbons (Fsp3) is 0.154. The normalized spacial score (nSPS) is 9.95. The van der Waals surface area contributed by atoms with E-state index in [4.69, 9.17) is 10.00 Å². The van der Waals surface area contributed by atoms with Gasteiger partial charge in [-0.05, 0) is 18.6 Å². The molecule has 0 bridgehead atoms. The molecule has 0 amide bonds. The summed E-state index contributed by atoms with van der Waals surface area (Å²) >= 11 is 0. The SMILES string of the molecule is COc1cccc(C)c1-n1cc(C#N)c(=O)[nH]c1=O. The molecule has 0 unspecified atom stereocenters. The molecule has 1 aromatic carbocycles. The number of aromatic amines is 1. The number of aryl methyl sites for hydroxylation is 1. The number of hydrogen-bond donors (Lipinski definition) is 1. The van der Waals surface area contributed by atoms with E-state index in [0.717, 1.165) is 5.56 Å². The third-order valence-electron chi connectivity index (χ3n) is 2.72. The summed E-state index contributed by atoms with van der Waals surface area (Å²) < 4.78 is 6.41. The second-order valence-electron chi connectivity index (χ2n) is 3.91. The summed E-state index contributed by atoms with van der Waals surface area (Å²) in [6.07, 6.45) is 1.21. The Morgan fingerprint density at radius 2 is 2.11 bits per heavy atom. The molecular weight excluding hydrogens is 246 g/mol. The lowest BCUT2D eigenvalue weighted by Crippen LogP contribution is -2.30. The Hall–Kier alpha value is -2.81. The van der Waals surface area contributed by atoms with E-state index in [0.29, 0.717) is 11.4 Å². The van der Waals surface area contributed by atoms with E-state index in [1.165, 1.54) is 17.9 Å². The van der Waals surface area contributed by atoms with Crippen molar-refractivity contribution in [1.82, 2.24) is 9.55 Å². The van der Waals surface area contributed by atoms with E-state index in [9.17, 15) is 9.59 Å².